The van der Waals surface area contributed by atoms with Gasteiger partial charge in [-0.25, -0.2) is 0 Å². The molecule has 0 aliphatic carbocycles. The first-order valence-corrected chi connectivity index (χ1v) is 10.7. The van der Waals surface area contributed by atoms with Crippen molar-refractivity contribution in [3.8, 4) is 0 Å². The topological polar surface area (TPSA) is 51.1 Å². The molecule has 0 saturated carbocycles. The first kappa shape index (κ1) is 19.3. The minimum atomic E-state index is -0.0950. The van der Waals surface area contributed by atoms with Gasteiger partial charge in [0.15, 0.2) is 0 Å². The molecule has 4 aromatic rings. The highest BCUT2D eigenvalue weighted by molar-refractivity contribution is 8.00. The monoisotopic (exact) mass is 402 g/mol. The van der Waals surface area contributed by atoms with Gasteiger partial charge in [0.1, 0.15) is 0 Å². The van der Waals surface area contributed by atoms with Crippen molar-refractivity contribution in [2.75, 3.05) is 16.8 Å². The van der Waals surface area contributed by atoms with Gasteiger partial charge < -0.3 is 5.32 Å². The van der Waals surface area contributed by atoms with Gasteiger partial charge in [-0.15, -0.1) is 11.8 Å². The van der Waals surface area contributed by atoms with E-state index in [2.05, 4.69) is 5.32 Å². The Kier molecular flexibility index (Phi) is 5.41. The number of hydrogen-bond donors (Lipinski definition) is 1. The number of amides is 1. The van der Waals surface area contributed by atoms with E-state index in [9.17, 15) is 9.59 Å². The first-order chi connectivity index (χ1) is 14.1. The van der Waals surface area contributed by atoms with Crippen molar-refractivity contribution in [3.05, 3.63) is 77.9 Å². The van der Waals surface area contributed by atoms with E-state index in [1.54, 1.807) is 4.57 Å². The van der Waals surface area contributed by atoms with Crippen LogP contribution in [0.4, 0.5) is 5.69 Å². The average molecular weight is 403 g/mol. The van der Waals surface area contributed by atoms with Crippen LogP contribution in [0.2, 0.25) is 0 Å². The number of nitrogens with zero attached hydrogens (tertiary/aromatic N) is 1. The van der Waals surface area contributed by atoms with Gasteiger partial charge in [-0.1, -0.05) is 54.6 Å². The van der Waals surface area contributed by atoms with Crippen LogP contribution in [-0.2, 0) is 4.79 Å². The van der Waals surface area contributed by atoms with Crippen LogP contribution in [-0.4, -0.2) is 27.9 Å². The molecule has 0 aliphatic rings. The van der Waals surface area contributed by atoms with Gasteiger partial charge in [0.2, 0.25) is 11.8 Å². The summed E-state index contributed by atoms with van der Waals surface area (Å²) < 4.78 is 1.76. The third-order valence-corrected chi connectivity index (χ3v) is 5.95. The Balaban J connectivity index is 1.47. The van der Waals surface area contributed by atoms with Crippen molar-refractivity contribution in [2.24, 2.45) is 0 Å². The van der Waals surface area contributed by atoms with Gasteiger partial charge in [-0.05, 0) is 37.1 Å². The Morgan fingerprint density at radius 2 is 1.34 bits per heavy atom. The molecule has 3 aromatic carbocycles. The van der Waals surface area contributed by atoms with Crippen LogP contribution in [0.5, 0.6) is 0 Å². The Morgan fingerprint density at radius 3 is 1.93 bits per heavy atom. The molecule has 0 spiro atoms. The van der Waals surface area contributed by atoms with Crippen molar-refractivity contribution in [1.82, 2.24) is 4.57 Å². The molecule has 4 rings (SSSR count). The van der Waals surface area contributed by atoms with E-state index in [-0.39, 0.29) is 23.3 Å². The largest absolute Gasteiger partial charge is 0.325 e. The molecule has 0 atom stereocenters. The molecule has 0 saturated heterocycles. The van der Waals surface area contributed by atoms with Gasteiger partial charge in [-0.2, -0.15) is 0 Å². The van der Waals surface area contributed by atoms with E-state index in [1.807, 2.05) is 80.6 Å². The third kappa shape index (κ3) is 3.78. The van der Waals surface area contributed by atoms with E-state index in [4.69, 9.17) is 0 Å². The lowest BCUT2D eigenvalue weighted by Crippen LogP contribution is -2.18. The number of carbonyl (C=O) groups is 2. The Hall–Kier alpha value is -3.05. The Bertz CT molecular complexity index is 1150. The molecule has 0 unspecified atom stereocenters. The molecule has 0 radical (unpaired) electrons. The van der Waals surface area contributed by atoms with E-state index in [1.165, 1.54) is 11.8 Å². The molecule has 5 heteroatoms. The maximum atomic E-state index is 13.0. The van der Waals surface area contributed by atoms with Gasteiger partial charge in [0, 0.05) is 16.5 Å². The molecule has 0 aliphatic heterocycles. The second-order valence-electron chi connectivity index (χ2n) is 7.07. The molecular weight excluding hydrogens is 380 g/mol. The van der Waals surface area contributed by atoms with Crippen LogP contribution < -0.4 is 5.32 Å². The summed E-state index contributed by atoms with van der Waals surface area (Å²) in [5.41, 5.74) is 4.72. The summed E-state index contributed by atoms with van der Waals surface area (Å²) in [6, 6.07) is 21.8. The normalized spacial score (nSPS) is 11.1. The number of hydrogen-bond acceptors (Lipinski definition) is 3. The summed E-state index contributed by atoms with van der Waals surface area (Å²) >= 11 is 1.33. The van der Waals surface area contributed by atoms with Gasteiger partial charge >= 0.3 is 0 Å². The molecule has 1 N–H and O–H groups in total. The highest BCUT2D eigenvalue weighted by Crippen LogP contribution is 2.29. The molecule has 4 nitrogen and oxygen atoms in total. The molecule has 146 valence electrons. The highest BCUT2D eigenvalue weighted by Gasteiger charge is 2.16. The quantitative estimate of drug-likeness (QED) is 0.485. The SMILES string of the molecule is Cc1cccc(C)c1NC(=O)CSCC(=O)n1c2ccccc2c2ccccc21. The number of carbonyl (C=O) groups excluding carboxylic acids is 2. The van der Waals surface area contributed by atoms with Crippen LogP contribution in [0.15, 0.2) is 66.7 Å². The minimum absolute atomic E-state index is 0.0210. The van der Waals surface area contributed by atoms with Crippen molar-refractivity contribution in [1.29, 1.82) is 0 Å². The number of thioether (sulfide) groups is 1. The number of aryl methyl sites for hydroxylation is 2. The van der Waals surface area contributed by atoms with E-state index >= 15 is 0 Å². The fourth-order valence-electron chi connectivity index (χ4n) is 3.67. The number of benzene rings is 3. The van der Waals surface area contributed by atoms with Crippen molar-refractivity contribution in [2.45, 2.75) is 13.8 Å². The fourth-order valence-corrected chi connectivity index (χ4v) is 4.34. The number of nitrogens with one attached hydrogen (secondary N) is 1. The van der Waals surface area contributed by atoms with Crippen molar-refractivity contribution in [3.63, 3.8) is 0 Å². The molecule has 1 amide bonds. The molecule has 1 aromatic heterocycles. The van der Waals surface area contributed by atoms with Crippen LogP contribution in [0.1, 0.15) is 15.9 Å². The maximum Gasteiger partial charge on any atom is 0.241 e. The number of anilines is 1. The lowest BCUT2D eigenvalue weighted by atomic mass is 10.1. The standard InChI is InChI=1S/C24H22N2O2S/c1-16-8-7-9-17(2)24(16)25-22(27)14-29-15-23(28)26-20-12-5-3-10-18(20)19-11-4-6-13-21(19)26/h3-13H,14-15H2,1-2H3,(H,25,27). The Morgan fingerprint density at radius 1 is 0.793 bits per heavy atom. The van der Waals surface area contributed by atoms with Gasteiger partial charge in [0.25, 0.3) is 0 Å². The zero-order valence-electron chi connectivity index (χ0n) is 16.4. The number of aromatic nitrogens is 1. The average Bonchev–Trinajstić information content (AvgIpc) is 3.05. The molecule has 0 fully saturated rings. The second-order valence-corrected chi connectivity index (χ2v) is 8.06. The first-order valence-electron chi connectivity index (χ1n) is 9.51. The predicted octanol–water partition coefficient (Wildman–Crippen LogP) is 5.42. The van der Waals surface area contributed by atoms with Crippen molar-refractivity contribution >= 4 is 51.1 Å². The number of para-hydroxylation sites is 3. The maximum absolute atomic E-state index is 13.0. The highest BCUT2D eigenvalue weighted by atomic mass is 32.2. The molecule has 0 bridgehead atoms. The van der Waals surface area contributed by atoms with E-state index < -0.39 is 0 Å². The lowest BCUT2D eigenvalue weighted by molar-refractivity contribution is -0.113. The van der Waals surface area contributed by atoms with Crippen LogP contribution in [0.25, 0.3) is 21.8 Å². The zero-order chi connectivity index (χ0) is 20.4. The van der Waals surface area contributed by atoms with Gasteiger partial charge in [0.05, 0.1) is 22.5 Å². The molecule has 1 heterocycles. The summed E-state index contributed by atoms with van der Waals surface area (Å²) in [6.07, 6.45) is 0. The smallest absolute Gasteiger partial charge is 0.241 e. The fraction of sp³-hybridized carbons (Fsp3) is 0.167. The van der Waals surface area contributed by atoms with E-state index in [0.29, 0.717) is 0 Å². The van der Waals surface area contributed by atoms with Crippen molar-refractivity contribution < 1.29 is 9.59 Å². The lowest BCUT2D eigenvalue weighted by Gasteiger charge is -2.11. The Labute approximate surface area is 173 Å². The summed E-state index contributed by atoms with van der Waals surface area (Å²) in [5.74, 6) is 0.356. The minimum Gasteiger partial charge on any atom is -0.325 e. The molecular formula is C24H22N2O2S. The molecule has 29 heavy (non-hydrogen) atoms. The van der Waals surface area contributed by atoms with Crippen LogP contribution >= 0.6 is 11.8 Å². The van der Waals surface area contributed by atoms with Gasteiger partial charge in [-0.3, -0.25) is 14.2 Å². The third-order valence-electron chi connectivity index (χ3n) is 5.03. The summed E-state index contributed by atoms with van der Waals surface area (Å²) in [7, 11) is 0. The summed E-state index contributed by atoms with van der Waals surface area (Å²) in [5, 5.41) is 5.10. The summed E-state index contributed by atoms with van der Waals surface area (Å²) in [4.78, 5) is 25.4. The van der Waals surface area contributed by atoms with E-state index in [0.717, 1.165) is 38.6 Å². The second kappa shape index (κ2) is 8.13. The predicted molar refractivity (Wildman–Crippen MR) is 122 cm³/mol. The number of fused-ring (bicyclic) bond motifs is 3. The van der Waals surface area contributed by atoms with Crippen LogP contribution in [0, 0.1) is 13.8 Å². The zero-order valence-corrected chi connectivity index (χ0v) is 17.3. The van der Waals surface area contributed by atoms with Crippen LogP contribution in [0.3, 0.4) is 0 Å². The summed E-state index contributed by atoms with van der Waals surface area (Å²) in [6.45, 7) is 3.95. The number of rotatable bonds is 5.